The molecule has 0 unspecified atom stereocenters. The first-order chi connectivity index (χ1) is 9.61. The summed E-state index contributed by atoms with van der Waals surface area (Å²) in [7, 11) is 0. The fourth-order valence-electron chi connectivity index (χ4n) is 2.28. The summed E-state index contributed by atoms with van der Waals surface area (Å²) in [4.78, 5) is 14.0. The molecule has 1 aliphatic heterocycles. The molecule has 0 bridgehead atoms. The highest BCUT2D eigenvalue weighted by Gasteiger charge is 2.24. The Morgan fingerprint density at radius 1 is 1.30 bits per heavy atom. The Morgan fingerprint density at radius 2 is 2.00 bits per heavy atom. The van der Waals surface area contributed by atoms with E-state index >= 15 is 0 Å². The Labute approximate surface area is 126 Å². The molecule has 0 radical (unpaired) electrons. The molecule has 1 aliphatic rings. The molecule has 6 heteroatoms. The molecule has 1 aromatic carbocycles. The Kier molecular flexibility index (Phi) is 5.25. The predicted molar refractivity (Wildman–Crippen MR) is 78.4 cm³/mol. The summed E-state index contributed by atoms with van der Waals surface area (Å²) in [6, 6.07) is 4.14. The van der Waals surface area contributed by atoms with Crippen molar-refractivity contribution in [2.75, 3.05) is 25.0 Å². The van der Waals surface area contributed by atoms with Crippen molar-refractivity contribution in [3.8, 4) is 11.5 Å². The van der Waals surface area contributed by atoms with Gasteiger partial charge in [0.1, 0.15) is 0 Å². The Bertz CT molecular complexity index is 472. The summed E-state index contributed by atoms with van der Waals surface area (Å²) in [6.45, 7) is 1.98. The van der Waals surface area contributed by atoms with Crippen LogP contribution in [0.25, 0.3) is 0 Å². The Balaban J connectivity index is 1.92. The molecular weight excluding hydrogens is 326 g/mol. The smallest absolute Gasteiger partial charge is 0.253 e. The topological polar surface area (TPSA) is 70.0 Å². The van der Waals surface area contributed by atoms with Crippen LogP contribution in [0.15, 0.2) is 18.2 Å². The molecule has 1 heterocycles. The lowest BCUT2D eigenvalue weighted by Gasteiger charge is -2.32. The summed E-state index contributed by atoms with van der Waals surface area (Å²) in [5, 5.41) is 19.5. The quantitative estimate of drug-likeness (QED) is 0.648. The average Bonchev–Trinajstić information content (AvgIpc) is 2.48. The van der Waals surface area contributed by atoms with E-state index in [1.807, 2.05) is 0 Å². The lowest BCUT2D eigenvalue weighted by atomic mass is 10.1. The predicted octanol–water partition coefficient (Wildman–Crippen LogP) is 2.11. The maximum absolute atomic E-state index is 12.3. The Morgan fingerprint density at radius 3 is 2.60 bits per heavy atom. The standard InChI is InChI=1S/C14H18BrNO4/c15-5-8-20-11-3-6-16(7-4-11)14(19)10-1-2-12(17)13(18)9-10/h1-2,9,11,17-18H,3-8H2. The van der Waals surface area contributed by atoms with Crippen molar-refractivity contribution in [1.29, 1.82) is 0 Å². The summed E-state index contributed by atoms with van der Waals surface area (Å²) in [6.07, 6.45) is 1.86. The number of piperidine rings is 1. The van der Waals surface area contributed by atoms with Gasteiger partial charge in [-0.05, 0) is 31.0 Å². The summed E-state index contributed by atoms with van der Waals surface area (Å²) >= 11 is 3.32. The van der Waals surface area contributed by atoms with Gasteiger partial charge in [-0.15, -0.1) is 0 Å². The number of phenolic OH excluding ortho intramolecular Hbond substituents is 2. The zero-order valence-corrected chi connectivity index (χ0v) is 12.7. The van der Waals surface area contributed by atoms with E-state index in [9.17, 15) is 15.0 Å². The number of phenols is 2. The number of carbonyl (C=O) groups is 1. The number of ether oxygens (including phenoxy) is 1. The van der Waals surface area contributed by atoms with Crippen LogP contribution in [0.2, 0.25) is 0 Å². The van der Waals surface area contributed by atoms with Gasteiger partial charge in [0, 0.05) is 24.0 Å². The zero-order valence-electron chi connectivity index (χ0n) is 11.1. The Hall–Kier alpha value is -1.27. The second kappa shape index (κ2) is 6.95. The number of rotatable bonds is 4. The summed E-state index contributed by atoms with van der Waals surface area (Å²) < 4.78 is 5.64. The van der Waals surface area contributed by atoms with Gasteiger partial charge in [-0.2, -0.15) is 0 Å². The number of carbonyl (C=O) groups excluding carboxylic acids is 1. The van der Waals surface area contributed by atoms with Gasteiger partial charge in [0.2, 0.25) is 0 Å². The second-order valence-corrected chi connectivity index (χ2v) is 5.55. The molecule has 0 atom stereocenters. The molecule has 1 fully saturated rings. The van der Waals surface area contributed by atoms with Crippen molar-refractivity contribution in [3.05, 3.63) is 23.8 Å². The summed E-state index contributed by atoms with van der Waals surface area (Å²) in [5.74, 6) is -0.617. The molecule has 20 heavy (non-hydrogen) atoms. The molecule has 1 saturated heterocycles. The number of hydrogen-bond acceptors (Lipinski definition) is 4. The van der Waals surface area contributed by atoms with Crippen LogP contribution in [0.4, 0.5) is 0 Å². The van der Waals surface area contributed by atoms with Gasteiger partial charge in [0.15, 0.2) is 11.5 Å². The van der Waals surface area contributed by atoms with E-state index in [4.69, 9.17) is 4.74 Å². The first kappa shape index (κ1) is 15.1. The van der Waals surface area contributed by atoms with E-state index in [2.05, 4.69) is 15.9 Å². The van der Waals surface area contributed by atoms with E-state index in [-0.39, 0.29) is 23.5 Å². The molecule has 1 aromatic rings. The van der Waals surface area contributed by atoms with Crippen molar-refractivity contribution in [2.45, 2.75) is 18.9 Å². The SMILES string of the molecule is O=C(c1ccc(O)c(O)c1)N1CCC(OCCBr)CC1. The van der Waals surface area contributed by atoms with Crippen LogP contribution in [0.3, 0.4) is 0 Å². The van der Waals surface area contributed by atoms with Crippen LogP contribution in [-0.4, -0.2) is 52.2 Å². The number of likely N-dealkylation sites (tertiary alicyclic amines) is 1. The number of aromatic hydroxyl groups is 2. The molecule has 2 rings (SSSR count). The van der Waals surface area contributed by atoms with Crippen LogP contribution < -0.4 is 0 Å². The van der Waals surface area contributed by atoms with Crippen LogP contribution >= 0.6 is 15.9 Å². The average molecular weight is 344 g/mol. The molecule has 0 aromatic heterocycles. The summed E-state index contributed by atoms with van der Waals surface area (Å²) in [5.41, 5.74) is 0.389. The van der Waals surface area contributed by atoms with E-state index in [1.54, 1.807) is 4.90 Å². The number of amides is 1. The normalized spacial score (nSPS) is 16.4. The van der Waals surface area contributed by atoms with Crippen molar-refractivity contribution in [2.24, 2.45) is 0 Å². The third kappa shape index (κ3) is 3.64. The van der Waals surface area contributed by atoms with Gasteiger partial charge >= 0.3 is 0 Å². The van der Waals surface area contributed by atoms with E-state index in [0.717, 1.165) is 18.2 Å². The molecule has 0 spiro atoms. The van der Waals surface area contributed by atoms with E-state index < -0.39 is 0 Å². The van der Waals surface area contributed by atoms with Gasteiger partial charge in [-0.1, -0.05) is 15.9 Å². The number of hydrogen-bond donors (Lipinski definition) is 2. The lowest BCUT2D eigenvalue weighted by Crippen LogP contribution is -2.41. The maximum atomic E-state index is 12.3. The number of benzene rings is 1. The number of alkyl halides is 1. The fraction of sp³-hybridized carbons (Fsp3) is 0.500. The zero-order chi connectivity index (χ0) is 14.5. The minimum Gasteiger partial charge on any atom is -0.504 e. The van der Waals surface area contributed by atoms with E-state index in [0.29, 0.717) is 25.3 Å². The molecule has 2 N–H and O–H groups in total. The first-order valence-corrected chi connectivity index (χ1v) is 7.73. The van der Waals surface area contributed by atoms with Crippen molar-refractivity contribution < 1.29 is 19.7 Å². The fourth-order valence-corrected chi connectivity index (χ4v) is 2.46. The highest BCUT2D eigenvalue weighted by Crippen LogP contribution is 2.26. The minimum absolute atomic E-state index is 0.126. The number of halogens is 1. The number of nitrogens with zero attached hydrogens (tertiary/aromatic N) is 1. The van der Waals surface area contributed by atoms with Gasteiger partial charge in [0.05, 0.1) is 12.7 Å². The molecular formula is C14H18BrNO4. The van der Waals surface area contributed by atoms with Gasteiger partial charge in [-0.3, -0.25) is 4.79 Å². The third-order valence-electron chi connectivity index (χ3n) is 3.38. The molecule has 110 valence electrons. The molecule has 0 aliphatic carbocycles. The third-order valence-corrected chi connectivity index (χ3v) is 3.71. The highest BCUT2D eigenvalue weighted by atomic mass is 79.9. The first-order valence-electron chi connectivity index (χ1n) is 6.60. The largest absolute Gasteiger partial charge is 0.504 e. The van der Waals surface area contributed by atoms with Crippen LogP contribution in [0.5, 0.6) is 11.5 Å². The molecule has 5 nitrogen and oxygen atoms in total. The van der Waals surface area contributed by atoms with E-state index in [1.165, 1.54) is 18.2 Å². The highest BCUT2D eigenvalue weighted by molar-refractivity contribution is 9.09. The van der Waals surface area contributed by atoms with Crippen LogP contribution in [-0.2, 0) is 4.74 Å². The van der Waals surface area contributed by atoms with Crippen molar-refractivity contribution >= 4 is 21.8 Å². The van der Waals surface area contributed by atoms with Crippen LogP contribution in [0.1, 0.15) is 23.2 Å². The minimum atomic E-state index is -0.272. The maximum Gasteiger partial charge on any atom is 0.253 e. The monoisotopic (exact) mass is 343 g/mol. The second-order valence-electron chi connectivity index (χ2n) is 4.75. The van der Waals surface area contributed by atoms with Gasteiger partial charge < -0.3 is 19.8 Å². The van der Waals surface area contributed by atoms with Crippen molar-refractivity contribution in [1.82, 2.24) is 4.90 Å². The lowest BCUT2D eigenvalue weighted by molar-refractivity contribution is 0.0160. The van der Waals surface area contributed by atoms with Crippen molar-refractivity contribution in [3.63, 3.8) is 0 Å². The molecule has 1 amide bonds. The van der Waals surface area contributed by atoms with Gasteiger partial charge in [-0.25, -0.2) is 0 Å². The van der Waals surface area contributed by atoms with Gasteiger partial charge in [0.25, 0.3) is 5.91 Å². The molecule has 0 saturated carbocycles. The van der Waals surface area contributed by atoms with Crippen LogP contribution in [0, 0.1) is 0 Å².